The van der Waals surface area contributed by atoms with E-state index in [4.69, 9.17) is 9.47 Å². The Morgan fingerprint density at radius 1 is 0.385 bits per heavy atom. The van der Waals surface area contributed by atoms with Crippen molar-refractivity contribution in [1.29, 1.82) is 0 Å². The normalized spacial score (nSPS) is 18.2. The number of hydrogen-bond acceptors (Lipinski definition) is 8. The van der Waals surface area contributed by atoms with Crippen molar-refractivity contribution >= 4 is 5.91 Å². The second-order valence-corrected chi connectivity index (χ2v) is 27.1. The predicted molar refractivity (Wildman–Crippen MR) is 392 cm³/mol. The summed E-state index contributed by atoms with van der Waals surface area (Å²) >= 11 is 0. The van der Waals surface area contributed by atoms with Gasteiger partial charge in [0.25, 0.3) is 0 Å². The molecule has 1 aliphatic rings. The van der Waals surface area contributed by atoms with Gasteiger partial charge in [0.05, 0.1) is 25.4 Å². The SMILES string of the molecule is CC/C=C\C/C=C\C/C=C\C/C=C\C/C=C\C/C=C\CCCCCCCCCCCCCCCCCCCCC(=O)NC(COC1OC(CO)C(O)C(O)C1O)C(O)/C=C/CCCCCCCCCCCCCCCCCCCCCCCCCCCCCCC. The maximum absolute atomic E-state index is 13.2. The quantitative estimate of drug-likeness (QED) is 0.0261. The molecule has 6 N–H and O–H groups in total. The molecule has 1 rings (SSSR count). The summed E-state index contributed by atoms with van der Waals surface area (Å²) in [4.78, 5) is 13.2. The molecule has 7 atom stereocenters. The Bertz CT molecular complexity index is 1720. The van der Waals surface area contributed by atoms with Gasteiger partial charge in [0.2, 0.25) is 5.91 Å². The summed E-state index contributed by atoms with van der Waals surface area (Å²) in [6.07, 6.45) is 94.3. The van der Waals surface area contributed by atoms with E-state index in [1.165, 1.54) is 276 Å². The Kier molecular flexibility index (Phi) is 66.6. The third-order valence-electron chi connectivity index (χ3n) is 18.5. The molecule has 1 aliphatic heterocycles. The first-order valence-electron chi connectivity index (χ1n) is 39.3. The number of aliphatic hydroxyl groups excluding tert-OH is 5. The predicted octanol–water partition coefficient (Wildman–Crippen LogP) is 22.4. The molecule has 0 spiro atoms. The zero-order valence-corrected chi connectivity index (χ0v) is 59.6. The Morgan fingerprint density at radius 2 is 0.681 bits per heavy atom. The van der Waals surface area contributed by atoms with Crippen molar-refractivity contribution in [1.82, 2.24) is 5.32 Å². The average Bonchev–Trinajstić information content (AvgIpc) is 1.70. The van der Waals surface area contributed by atoms with Crippen LogP contribution in [0.5, 0.6) is 0 Å². The summed E-state index contributed by atoms with van der Waals surface area (Å²) in [5, 5.41) is 54.9. The van der Waals surface area contributed by atoms with Crippen LogP contribution in [-0.2, 0) is 14.3 Å². The van der Waals surface area contributed by atoms with E-state index < -0.39 is 49.5 Å². The Balaban J connectivity index is 2.08. The van der Waals surface area contributed by atoms with Gasteiger partial charge in [-0.2, -0.15) is 0 Å². The molecular weight excluding hydrogens is 1130 g/mol. The highest BCUT2D eigenvalue weighted by atomic mass is 16.7. The number of carbonyl (C=O) groups is 1. The summed E-state index contributed by atoms with van der Waals surface area (Å²) in [5.74, 6) is -0.172. The Hall–Kier alpha value is -2.63. The minimum Gasteiger partial charge on any atom is -0.394 e. The highest BCUT2D eigenvalue weighted by Crippen LogP contribution is 2.24. The summed E-state index contributed by atoms with van der Waals surface area (Å²) in [6, 6.07) is -0.810. The highest BCUT2D eigenvalue weighted by molar-refractivity contribution is 5.76. The van der Waals surface area contributed by atoms with Crippen LogP contribution in [0.4, 0.5) is 0 Å². The molecule has 9 nitrogen and oxygen atoms in total. The monoisotopic (exact) mass is 1280 g/mol. The van der Waals surface area contributed by atoms with E-state index in [-0.39, 0.29) is 12.5 Å². The van der Waals surface area contributed by atoms with Crippen LogP contribution in [0.25, 0.3) is 0 Å². The number of ether oxygens (including phenoxy) is 2. The lowest BCUT2D eigenvalue weighted by atomic mass is 9.99. The van der Waals surface area contributed by atoms with Crippen LogP contribution in [-0.4, -0.2) is 87.5 Å². The van der Waals surface area contributed by atoms with Crippen molar-refractivity contribution in [3.63, 3.8) is 0 Å². The van der Waals surface area contributed by atoms with Crippen LogP contribution >= 0.6 is 0 Å². The fraction of sp³-hybridized carbons (Fsp3) is 0.817. The maximum atomic E-state index is 13.2. The lowest BCUT2D eigenvalue weighted by Gasteiger charge is -2.40. The van der Waals surface area contributed by atoms with Crippen molar-refractivity contribution in [2.75, 3.05) is 13.2 Å². The Labute approximate surface area is 562 Å². The van der Waals surface area contributed by atoms with Crippen molar-refractivity contribution < 1.29 is 39.8 Å². The standard InChI is InChI=1S/C82H149NO8/c1-3-5-7-9-11-13-15-17-19-21-23-25-27-29-31-33-35-36-37-38-39-40-42-44-46-48-50-52-54-56-58-60-62-64-66-68-70-72-78(86)83-75(74-90-82-81(89)80(88)79(87)77(73-84)91-82)76(85)71-69-67-65-63-61-59-57-55-53-51-49-47-45-43-41-34-32-30-28-26-24-22-20-18-16-14-12-10-8-6-4-2/h5,7,11,13,17,19,23,25,29,31,35-36,69,71,75-77,79-82,84-85,87-89H,3-4,6,8-10,12,14-16,18,20-22,24,26-28,30,32-34,37-68,70,72-74H2,1-2H3,(H,83,86)/b7-5-,13-11-,19-17-,25-23-,31-29-,36-35-,71-69+. The van der Waals surface area contributed by atoms with Gasteiger partial charge in [-0.05, 0) is 70.6 Å². The smallest absolute Gasteiger partial charge is 0.220 e. The molecule has 0 aliphatic carbocycles. The van der Waals surface area contributed by atoms with E-state index in [1.807, 2.05) is 6.08 Å². The fourth-order valence-electron chi connectivity index (χ4n) is 12.4. The first-order valence-corrected chi connectivity index (χ1v) is 39.3. The zero-order chi connectivity index (χ0) is 65.7. The lowest BCUT2D eigenvalue weighted by molar-refractivity contribution is -0.302. The van der Waals surface area contributed by atoms with E-state index in [0.717, 1.165) is 77.0 Å². The van der Waals surface area contributed by atoms with Crippen LogP contribution in [0.3, 0.4) is 0 Å². The number of aliphatic hydroxyl groups is 5. The van der Waals surface area contributed by atoms with Crippen molar-refractivity contribution in [2.45, 2.75) is 416 Å². The topological polar surface area (TPSA) is 149 Å². The molecule has 0 bridgehead atoms. The minimum atomic E-state index is -1.57. The summed E-state index contributed by atoms with van der Waals surface area (Å²) in [5.41, 5.74) is 0. The number of unbranched alkanes of at least 4 members (excludes halogenated alkanes) is 47. The highest BCUT2D eigenvalue weighted by Gasteiger charge is 2.44. The molecule has 9 heteroatoms. The number of rotatable bonds is 69. The molecule has 0 saturated carbocycles. The second-order valence-electron chi connectivity index (χ2n) is 27.1. The first kappa shape index (κ1) is 86.4. The van der Waals surface area contributed by atoms with Gasteiger partial charge in [0.15, 0.2) is 6.29 Å². The zero-order valence-electron chi connectivity index (χ0n) is 59.6. The number of hydrogen-bond donors (Lipinski definition) is 6. The number of amides is 1. The molecular formula is C82H149NO8. The van der Waals surface area contributed by atoms with E-state index >= 15 is 0 Å². The third kappa shape index (κ3) is 58.5. The van der Waals surface area contributed by atoms with Crippen molar-refractivity contribution in [3.05, 3.63) is 85.1 Å². The van der Waals surface area contributed by atoms with Crippen LogP contribution < -0.4 is 5.32 Å². The van der Waals surface area contributed by atoms with Gasteiger partial charge in [-0.1, -0.05) is 381 Å². The van der Waals surface area contributed by atoms with E-state index in [1.54, 1.807) is 6.08 Å². The second kappa shape index (κ2) is 70.2. The van der Waals surface area contributed by atoms with Gasteiger partial charge in [-0.3, -0.25) is 4.79 Å². The van der Waals surface area contributed by atoms with Crippen molar-refractivity contribution in [2.24, 2.45) is 0 Å². The largest absolute Gasteiger partial charge is 0.394 e. The van der Waals surface area contributed by atoms with Crippen LogP contribution in [0, 0.1) is 0 Å². The van der Waals surface area contributed by atoms with E-state index in [0.29, 0.717) is 6.42 Å². The Morgan fingerprint density at radius 3 is 1.01 bits per heavy atom. The van der Waals surface area contributed by atoms with Crippen LogP contribution in [0.2, 0.25) is 0 Å². The summed E-state index contributed by atoms with van der Waals surface area (Å²) in [6.45, 7) is 3.71. The van der Waals surface area contributed by atoms with E-state index in [2.05, 4.69) is 92.1 Å². The van der Waals surface area contributed by atoms with Gasteiger partial charge in [0.1, 0.15) is 24.4 Å². The van der Waals surface area contributed by atoms with Gasteiger partial charge in [0, 0.05) is 6.42 Å². The van der Waals surface area contributed by atoms with E-state index in [9.17, 15) is 30.3 Å². The number of carbonyl (C=O) groups excluding carboxylic acids is 1. The van der Waals surface area contributed by atoms with Gasteiger partial charge in [-0.25, -0.2) is 0 Å². The maximum Gasteiger partial charge on any atom is 0.220 e. The molecule has 7 unspecified atom stereocenters. The lowest BCUT2D eigenvalue weighted by Crippen LogP contribution is -2.60. The molecule has 1 heterocycles. The van der Waals surface area contributed by atoms with Gasteiger partial charge < -0.3 is 40.3 Å². The number of allylic oxidation sites excluding steroid dienone is 13. The first-order chi connectivity index (χ1) is 44.8. The van der Waals surface area contributed by atoms with Crippen molar-refractivity contribution in [3.8, 4) is 0 Å². The van der Waals surface area contributed by atoms with Crippen LogP contribution in [0.1, 0.15) is 373 Å². The molecule has 91 heavy (non-hydrogen) atoms. The summed E-state index contributed by atoms with van der Waals surface area (Å²) < 4.78 is 11.3. The molecule has 0 radical (unpaired) electrons. The fourth-order valence-corrected chi connectivity index (χ4v) is 12.4. The van der Waals surface area contributed by atoms with Gasteiger partial charge >= 0.3 is 0 Å². The molecule has 1 fully saturated rings. The molecule has 0 aromatic heterocycles. The molecule has 530 valence electrons. The molecule has 1 amide bonds. The van der Waals surface area contributed by atoms with Crippen LogP contribution in [0.15, 0.2) is 85.1 Å². The molecule has 1 saturated heterocycles. The summed E-state index contributed by atoms with van der Waals surface area (Å²) in [7, 11) is 0. The van der Waals surface area contributed by atoms with Gasteiger partial charge in [-0.15, -0.1) is 0 Å². The molecule has 0 aromatic rings. The third-order valence-corrected chi connectivity index (χ3v) is 18.5. The average molecular weight is 1280 g/mol. The minimum absolute atomic E-state index is 0.172. The number of nitrogens with one attached hydrogen (secondary N) is 1. The molecule has 0 aromatic carbocycles.